The predicted octanol–water partition coefficient (Wildman–Crippen LogP) is 3.12. The number of methoxy groups -OCH3 is 2. The summed E-state index contributed by atoms with van der Waals surface area (Å²) >= 11 is 0. The third kappa shape index (κ3) is 3.17. The van der Waals surface area contributed by atoms with Gasteiger partial charge in [-0.2, -0.15) is 0 Å². The van der Waals surface area contributed by atoms with Gasteiger partial charge in [0.2, 0.25) is 0 Å². The average molecular weight is 322 g/mol. The zero-order valence-corrected chi connectivity index (χ0v) is 14.4. The molecule has 5 heteroatoms. The molecule has 2 aliphatic heterocycles. The maximum Gasteiger partial charge on any atom is 0.163 e. The highest BCUT2D eigenvalue weighted by molar-refractivity contribution is 5.44. The number of ether oxygens (including phenoxy) is 2. The van der Waals surface area contributed by atoms with Crippen molar-refractivity contribution in [3.05, 3.63) is 23.5 Å². The third-order valence-electron chi connectivity index (χ3n) is 5.55. The Balaban J connectivity index is 1.72. The monoisotopic (exact) mass is 322 g/mol. The van der Waals surface area contributed by atoms with Crippen molar-refractivity contribution in [1.29, 1.82) is 0 Å². The Hall–Kier alpha value is -1.33. The van der Waals surface area contributed by atoms with Crippen molar-refractivity contribution < 1.29 is 13.9 Å². The molecule has 0 saturated carbocycles. The maximum absolute atomic E-state index is 14.4. The lowest BCUT2D eigenvalue weighted by Crippen LogP contribution is -2.47. The second-order valence-electron chi connectivity index (χ2n) is 6.84. The van der Waals surface area contributed by atoms with Crippen LogP contribution in [0.2, 0.25) is 0 Å². The number of hydrogen-bond donors (Lipinski definition) is 1. The SMILES string of the molecule is COc1cc(F)c(C(C)NC2CC3CCC(C2)N3C)cc1OC. The molecule has 3 rings (SSSR count). The summed E-state index contributed by atoms with van der Waals surface area (Å²) in [6.45, 7) is 2.02. The van der Waals surface area contributed by atoms with Gasteiger partial charge in [0.15, 0.2) is 11.5 Å². The topological polar surface area (TPSA) is 33.7 Å². The van der Waals surface area contributed by atoms with Crippen LogP contribution < -0.4 is 14.8 Å². The number of rotatable bonds is 5. The lowest BCUT2D eigenvalue weighted by Gasteiger charge is -2.38. The minimum Gasteiger partial charge on any atom is -0.493 e. The van der Waals surface area contributed by atoms with Crippen molar-refractivity contribution in [2.75, 3.05) is 21.3 Å². The lowest BCUT2D eigenvalue weighted by atomic mass is 9.96. The van der Waals surface area contributed by atoms with Gasteiger partial charge in [-0.25, -0.2) is 4.39 Å². The standard InChI is InChI=1S/C18H27FN2O2/c1-11(15-9-17(22-3)18(23-4)10-16(15)19)20-12-7-13-5-6-14(8-12)21(13)2/h9-14,20H,5-8H2,1-4H3. The smallest absolute Gasteiger partial charge is 0.163 e. The van der Waals surface area contributed by atoms with Crippen LogP contribution in [0.5, 0.6) is 11.5 Å². The van der Waals surface area contributed by atoms with E-state index < -0.39 is 0 Å². The van der Waals surface area contributed by atoms with Crippen molar-refractivity contribution in [3.8, 4) is 11.5 Å². The van der Waals surface area contributed by atoms with Crippen molar-refractivity contribution in [3.63, 3.8) is 0 Å². The molecule has 3 unspecified atom stereocenters. The van der Waals surface area contributed by atoms with Crippen LogP contribution >= 0.6 is 0 Å². The van der Waals surface area contributed by atoms with Gasteiger partial charge in [-0.15, -0.1) is 0 Å². The molecule has 1 aromatic rings. The normalized spacial score (nSPS) is 28.7. The number of piperidine rings is 1. The molecule has 2 aliphatic rings. The van der Waals surface area contributed by atoms with E-state index in [1.165, 1.54) is 26.0 Å². The van der Waals surface area contributed by atoms with Crippen molar-refractivity contribution in [1.82, 2.24) is 10.2 Å². The first-order valence-corrected chi connectivity index (χ1v) is 8.42. The summed E-state index contributed by atoms with van der Waals surface area (Å²) in [5.41, 5.74) is 0.633. The molecule has 0 radical (unpaired) electrons. The van der Waals surface area contributed by atoms with Gasteiger partial charge in [0.1, 0.15) is 5.82 Å². The molecule has 2 bridgehead atoms. The van der Waals surface area contributed by atoms with Crippen molar-refractivity contribution >= 4 is 0 Å². The quantitative estimate of drug-likeness (QED) is 0.903. The fourth-order valence-electron chi connectivity index (χ4n) is 4.19. The molecule has 2 fully saturated rings. The van der Waals surface area contributed by atoms with Crippen LogP contribution in [-0.2, 0) is 0 Å². The van der Waals surface area contributed by atoms with E-state index in [1.54, 1.807) is 13.2 Å². The second-order valence-corrected chi connectivity index (χ2v) is 6.84. The molecule has 128 valence electrons. The Morgan fingerprint density at radius 2 is 1.70 bits per heavy atom. The summed E-state index contributed by atoms with van der Waals surface area (Å²) < 4.78 is 24.9. The van der Waals surface area contributed by atoms with Crippen LogP contribution in [0.3, 0.4) is 0 Å². The van der Waals surface area contributed by atoms with Gasteiger partial charge in [-0.05, 0) is 45.7 Å². The van der Waals surface area contributed by atoms with E-state index in [2.05, 4.69) is 17.3 Å². The van der Waals surface area contributed by atoms with Crippen LogP contribution in [0.4, 0.5) is 4.39 Å². The fourth-order valence-corrected chi connectivity index (χ4v) is 4.19. The van der Waals surface area contributed by atoms with Gasteiger partial charge < -0.3 is 19.7 Å². The molecule has 2 saturated heterocycles. The van der Waals surface area contributed by atoms with Gasteiger partial charge in [0.05, 0.1) is 14.2 Å². The molecule has 4 nitrogen and oxygen atoms in total. The molecule has 0 aromatic heterocycles. The van der Waals surface area contributed by atoms with Crippen LogP contribution in [0.1, 0.15) is 44.2 Å². The Kier molecular flexibility index (Phi) is 4.78. The largest absolute Gasteiger partial charge is 0.493 e. The molecule has 1 aromatic carbocycles. The van der Waals surface area contributed by atoms with Crippen molar-refractivity contribution in [2.24, 2.45) is 0 Å². The molecule has 0 amide bonds. The van der Waals surface area contributed by atoms with Crippen LogP contribution in [0.15, 0.2) is 12.1 Å². The molecule has 2 heterocycles. The lowest BCUT2D eigenvalue weighted by molar-refractivity contribution is 0.144. The minimum atomic E-state index is -0.251. The molecule has 23 heavy (non-hydrogen) atoms. The van der Waals surface area contributed by atoms with Gasteiger partial charge >= 0.3 is 0 Å². The number of hydrogen-bond acceptors (Lipinski definition) is 4. The van der Waals surface area contributed by atoms with Crippen LogP contribution in [0, 0.1) is 5.82 Å². The zero-order chi connectivity index (χ0) is 16.6. The van der Waals surface area contributed by atoms with E-state index in [1.807, 2.05) is 6.92 Å². The van der Waals surface area contributed by atoms with E-state index in [9.17, 15) is 4.39 Å². The highest BCUT2D eigenvalue weighted by atomic mass is 19.1. The van der Waals surface area contributed by atoms with E-state index in [0.717, 1.165) is 12.8 Å². The van der Waals surface area contributed by atoms with E-state index in [4.69, 9.17) is 9.47 Å². The first kappa shape index (κ1) is 16.5. The highest BCUT2D eigenvalue weighted by Gasteiger charge is 2.38. The van der Waals surface area contributed by atoms with E-state index >= 15 is 0 Å². The molecule has 0 aliphatic carbocycles. The molecule has 1 N–H and O–H groups in total. The van der Waals surface area contributed by atoms with Crippen LogP contribution in [0.25, 0.3) is 0 Å². The van der Waals surface area contributed by atoms with Crippen molar-refractivity contribution in [2.45, 2.75) is 56.8 Å². The summed E-state index contributed by atoms with van der Waals surface area (Å²) in [6, 6.07) is 4.90. The van der Waals surface area contributed by atoms with Gasteiger partial charge in [-0.1, -0.05) is 0 Å². The van der Waals surface area contributed by atoms with Crippen LogP contribution in [-0.4, -0.2) is 44.3 Å². The highest BCUT2D eigenvalue weighted by Crippen LogP contribution is 2.36. The molecular weight excluding hydrogens is 295 g/mol. The Labute approximate surface area is 138 Å². The maximum atomic E-state index is 14.4. The number of benzene rings is 1. The first-order chi connectivity index (χ1) is 11.0. The molecular formula is C18H27FN2O2. The minimum absolute atomic E-state index is 0.0531. The van der Waals surface area contributed by atoms with E-state index in [0.29, 0.717) is 35.2 Å². The summed E-state index contributed by atoms with van der Waals surface area (Å²) in [4.78, 5) is 2.51. The molecule has 0 spiro atoms. The summed E-state index contributed by atoms with van der Waals surface area (Å²) in [7, 11) is 5.33. The molecule has 3 atom stereocenters. The summed E-state index contributed by atoms with van der Waals surface area (Å²) in [6.07, 6.45) is 4.87. The zero-order valence-electron chi connectivity index (χ0n) is 14.4. The fraction of sp³-hybridized carbons (Fsp3) is 0.667. The van der Waals surface area contributed by atoms with Gasteiger partial charge in [-0.3, -0.25) is 0 Å². The number of nitrogens with one attached hydrogen (secondary N) is 1. The Bertz CT molecular complexity index is 552. The van der Waals surface area contributed by atoms with E-state index in [-0.39, 0.29) is 11.9 Å². The number of fused-ring (bicyclic) bond motifs is 2. The predicted molar refractivity (Wildman–Crippen MR) is 88.6 cm³/mol. The third-order valence-corrected chi connectivity index (χ3v) is 5.55. The Morgan fingerprint density at radius 1 is 1.13 bits per heavy atom. The first-order valence-electron chi connectivity index (χ1n) is 8.42. The summed E-state index contributed by atoms with van der Waals surface area (Å²) in [5, 5.41) is 3.62. The number of nitrogens with zero attached hydrogens (tertiary/aromatic N) is 1. The van der Waals surface area contributed by atoms with Gasteiger partial charge in [0, 0.05) is 35.8 Å². The average Bonchev–Trinajstić information content (AvgIpc) is 2.75. The Morgan fingerprint density at radius 3 is 2.26 bits per heavy atom. The van der Waals surface area contributed by atoms with Gasteiger partial charge in [0.25, 0.3) is 0 Å². The number of halogens is 1. The summed E-state index contributed by atoms with van der Waals surface area (Å²) in [5.74, 6) is 0.748. The second kappa shape index (κ2) is 6.65.